The minimum absolute atomic E-state index is 0.0130. The summed E-state index contributed by atoms with van der Waals surface area (Å²) in [4.78, 5) is 28.9. The Morgan fingerprint density at radius 3 is 2.65 bits per heavy atom. The Morgan fingerprint density at radius 2 is 1.91 bits per heavy atom. The maximum atomic E-state index is 12.4. The maximum absolute atomic E-state index is 12.4. The van der Waals surface area contributed by atoms with Gasteiger partial charge in [0.05, 0.1) is 5.52 Å². The van der Waals surface area contributed by atoms with Crippen LogP contribution in [0.4, 0.5) is 0 Å². The molecule has 0 atom stereocenters. The summed E-state index contributed by atoms with van der Waals surface area (Å²) in [5, 5.41) is 2.84. The third kappa shape index (κ3) is 3.01. The molecule has 1 aromatic carbocycles. The van der Waals surface area contributed by atoms with Crippen LogP contribution in [0.1, 0.15) is 12.5 Å². The van der Waals surface area contributed by atoms with Crippen molar-refractivity contribution < 1.29 is 4.79 Å². The van der Waals surface area contributed by atoms with Gasteiger partial charge in [0.1, 0.15) is 6.54 Å². The summed E-state index contributed by atoms with van der Waals surface area (Å²) < 4.78 is 3.03. The lowest BCUT2D eigenvalue weighted by Crippen LogP contribution is -2.32. The van der Waals surface area contributed by atoms with Crippen LogP contribution in [0, 0.1) is 0 Å². The van der Waals surface area contributed by atoms with Crippen LogP contribution in [-0.4, -0.2) is 20.0 Å². The molecule has 118 valence electrons. The molecule has 0 aliphatic rings. The van der Waals surface area contributed by atoms with Crippen LogP contribution in [0.2, 0.25) is 0 Å². The normalized spacial score (nSPS) is 10.8. The number of amides is 1. The predicted molar refractivity (Wildman–Crippen MR) is 88.0 cm³/mol. The highest BCUT2D eigenvalue weighted by Crippen LogP contribution is 2.09. The first-order chi connectivity index (χ1) is 11.2. The highest BCUT2D eigenvalue weighted by atomic mass is 16.2. The van der Waals surface area contributed by atoms with Crippen LogP contribution < -0.4 is 11.0 Å². The zero-order chi connectivity index (χ0) is 16.2. The lowest BCUT2D eigenvalue weighted by atomic mass is 10.2. The zero-order valence-electron chi connectivity index (χ0n) is 12.9. The van der Waals surface area contributed by atoms with Crippen LogP contribution in [0.25, 0.3) is 11.2 Å². The number of imidazole rings is 1. The third-order valence-corrected chi connectivity index (χ3v) is 3.72. The van der Waals surface area contributed by atoms with Crippen molar-refractivity contribution in [2.75, 3.05) is 0 Å². The summed E-state index contributed by atoms with van der Waals surface area (Å²) >= 11 is 0. The number of fused-ring (bicyclic) bond motifs is 1. The van der Waals surface area contributed by atoms with E-state index in [2.05, 4.69) is 10.3 Å². The van der Waals surface area contributed by atoms with Gasteiger partial charge in [-0.05, 0) is 24.6 Å². The van der Waals surface area contributed by atoms with Crippen molar-refractivity contribution in [2.24, 2.45) is 0 Å². The van der Waals surface area contributed by atoms with Gasteiger partial charge in [0, 0.05) is 19.3 Å². The largest absolute Gasteiger partial charge is 0.350 e. The van der Waals surface area contributed by atoms with Gasteiger partial charge < -0.3 is 5.32 Å². The van der Waals surface area contributed by atoms with E-state index in [0.29, 0.717) is 24.3 Å². The van der Waals surface area contributed by atoms with Gasteiger partial charge in [0.25, 0.3) is 0 Å². The molecule has 2 aromatic heterocycles. The van der Waals surface area contributed by atoms with Crippen LogP contribution in [0.15, 0.2) is 53.5 Å². The first-order valence-electron chi connectivity index (χ1n) is 7.55. The van der Waals surface area contributed by atoms with E-state index in [0.717, 1.165) is 5.56 Å². The van der Waals surface area contributed by atoms with E-state index in [4.69, 9.17) is 0 Å². The molecule has 0 saturated carbocycles. The number of carbonyl (C=O) groups is 1. The molecular weight excluding hydrogens is 292 g/mol. The Morgan fingerprint density at radius 1 is 1.13 bits per heavy atom. The molecule has 6 nitrogen and oxygen atoms in total. The minimum Gasteiger partial charge on any atom is -0.350 e. The topological polar surface area (TPSA) is 68.9 Å². The van der Waals surface area contributed by atoms with E-state index in [9.17, 15) is 9.59 Å². The number of pyridine rings is 1. The second kappa shape index (κ2) is 6.48. The molecule has 3 rings (SSSR count). The molecule has 0 aliphatic carbocycles. The molecule has 0 spiro atoms. The van der Waals surface area contributed by atoms with Crippen LogP contribution in [-0.2, 0) is 24.4 Å². The fourth-order valence-corrected chi connectivity index (χ4v) is 2.58. The number of hydrogen-bond acceptors (Lipinski definition) is 3. The van der Waals surface area contributed by atoms with Crippen molar-refractivity contribution >= 4 is 17.1 Å². The standard InChI is InChI=1S/C17H18N4O2/c1-2-20-16-14(9-6-10-18-16)21(17(20)23)12-15(22)19-11-13-7-4-3-5-8-13/h3-10H,2,11-12H2,1H3,(H,19,22). The third-order valence-electron chi connectivity index (χ3n) is 3.72. The van der Waals surface area contributed by atoms with E-state index in [1.807, 2.05) is 37.3 Å². The summed E-state index contributed by atoms with van der Waals surface area (Å²) in [6.45, 7) is 2.83. The second-order valence-corrected chi connectivity index (χ2v) is 5.22. The van der Waals surface area contributed by atoms with E-state index in [-0.39, 0.29) is 18.1 Å². The molecule has 0 fully saturated rings. The van der Waals surface area contributed by atoms with Gasteiger partial charge in [0.2, 0.25) is 5.91 Å². The first kappa shape index (κ1) is 15.0. The highest BCUT2D eigenvalue weighted by Gasteiger charge is 2.15. The average Bonchev–Trinajstić information content (AvgIpc) is 2.85. The fraction of sp³-hybridized carbons (Fsp3) is 0.235. The Hall–Kier alpha value is -2.89. The molecule has 1 N–H and O–H groups in total. The summed E-state index contributed by atoms with van der Waals surface area (Å²) in [7, 11) is 0. The van der Waals surface area contributed by atoms with Crippen molar-refractivity contribution in [3.63, 3.8) is 0 Å². The molecule has 6 heteroatoms. The molecule has 0 unspecified atom stereocenters. The van der Waals surface area contributed by atoms with E-state index in [1.165, 1.54) is 4.57 Å². The molecule has 0 radical (unpaired) electrons. The molecule has 2 heterocycles. The number of carbonyl (C=O) groups excluding carboxylic acids is 1. The van der Waals surface area contributed by atoms with Gasteiger partial charge >= 0.3 is 5.69 Å². The molecule has 0 bridgehead atoms. The molecule has 23 heavy (non-hydrogen) atoms. The Kier molecular flexibility index (Phi) is 4.23. The van der Waals surface area contributed by atoms with Crippen LogP contribution in [0.5, 0.6) is 0 Å². The Bertz CT molecular complexity index is 880. The smallest absolute Gasteiger partial charge is 0.330 e. The van der Waals surface area contributed by atoms with Crippen molar-refractivity contribution in [3.8, 4) is 0 Å². The second-order valence-electron chi connectivity index (χ2n) is 5.22. The van der Waals surface area contributed by atoms with Gasteiger partial charge in [-0.15, -0.1) is 0 Å². The first-order valence-corrected chi connectivity index (χ1v) is 7.55. The van der Waals surface area contributed by atoms with E-state index < -0.39 is 0 Å². The van der Waals surface area contributed by atoms with Crippen molar-refractivity contribution in [1.82, 2.24) is 19.4 Å². The van der Waals surface area contributed by atoms with Crippen molar-refractivity contribution in [1.29, 1.82) is 0 Å². The number of nitrogens with zero attached hydrogens (tertiary/aromatic N) is 3. The molecular formula is C17H18N4O2. The quantitative estimate of drug-likeness (QED) is 0.777. The summed E-state index contributed by atoms with van der Waals surface area (Å²) in [5.74, 6) is -0.199. The number of rotatable bonds is 5. The SMILES string of the molecule is CCn1c(=O)n(CC(=O)NCc2ccccc2)c2cccnc21. The van der Waals surface area contributed by atoms with Gasteiger partial charge in [-0.1, -0.05) is 30.3 Å². The Balaban J connectivity index is 1.80. The van der Waals surface area contributed by atoms with Gasteiger partial charge in [-0.2, -0.15) is 0 Å². The summed E-state index contributed by atoms with van der Waals surface area (Å²) in [5.41, 5.74) is 2.09. The van der Waals surface area contributed by atoms with Crippen molar-refractivity contribution in [3.05, 3.63) is 64.7 Å². The molecule has 0 saturated heterocycles. The summed E-state index contributed by atoms with van der Waals surface area (Å²) in [6.07, 6.45) is 1.65. The number of benzene rings is 1. The fourth-order valence-electron chi connectivity index (χ4n) is 2.58. The monoisotopic (exact) mass is 310 g/mol. The van der Waals surface area contributed by atoms with Gasteiger partial charge in [-0.25, -0.2) is 9.78 Å². The number of aryl methyl sites for hydroxylation is 1. The molecule has 1 amide bonds. The zero-order valence-corrected chi connectivity index (χ0v) is 12.9. The Labute approximate surface area is 133 Å². The van der Waals surface area contributed by atoms with Crippen LogP contribution in [0.3, 0.4) is 0 Å². The van der Waals surface area contributed by atoms with Crippen molar-refractivity contribution in [2.45, 2.75) is 26.6 Å². The van der Waals surface area contributed by atoms with Crippen LogP contribution >= 0.6 is 0 Å². The predicted octanol–water partition coefficient (Wildman–Crippen LogP) is 1.53. The van der Waals surface area contributed by atoms with E-state index in [1.54, 1.807) is 22.9 Å². The number of nitrogens with one attached hydrogen (secondary N) is 1. The number of aromatic nitrogens is 3. The lowest BCUT2D eigenvalue weighted by molar-refractivity contribution is -0.121. The van der Waals surface area contributed by atoms with Gasteiger partial charge in [-0.3, -0.25) is 13.9 Å². The lowest BCUT2D eigenvalue weighted by Gasteiger charge is -2.06. The number of hydrogen-bond donors (Lipinski definition) is 1. The summed E-state index contributed by atoms with van der Waals surface area (Å²) in [6, 6.07) is 13.2. The maximum Gasteiger partial charge on any atom is 0.330 e. The highest BCUT2D eigenvalue weighted by molar-refractivity contribution is 5.79. The molecule has 3 aromatic rings. The molecule has 0 aliphatic heterocycles. The minimum atomic E-state index is -0.212. The van der Waals surface area contributed by atoms with Gasteiger partial charge in [0.15, 0.2) is 5.65 Å². The average molecular weight is 310 g/mol. The van der Waals surface area contributed by atoms with E-state index >= 15 is 0 Å².